The van der Waals surface area contributed by atoms with Crippen LogP contribution in [0.3, 0.4) is 0 Å². The molecule has 1 saturated carbocycles. The van der Waals surface area contributed by atoms with Gasteiger partial charge in [-0.1, -0.05) is 42.5 Å². The van der Waals surface area contributed by atoms with Crippen molar-refractivity contribution in [2.24, 2.45) is 0 Å². The second kappa shape index (κ2) is 12.2. The summed E-state index contributed by atoms with van der Waals surface area (Å²) in [7, 11) is 0. The molecule has 40 heavy (non-hydrogen) atoms. The van der Waals surface area contributed by atoms with Crippen molar-refractivity contribution in [1.29, 1.82) is 0 Å². The largest absolute Gasteiger partial charge is 0.464 e. The number of anilines is 2. The third-order valence-corrected chi connectivity index (χ3v) is 6.51. The van der Waals surface area contributed by atoms with Crippen LogP contribution in [-0.4, -0.2) is 30.0 Å². The molecule has 0 bridgehead atoms. The average Bonchev–Trinajstić information content (AvgIpc) is 3.61. The van der Waals surface area contributed by atoms with E-state index in [0.29, 0.717) is 22.7 Å². The van der Waals surface area contributed by atoms with Crippen LogP contribution in [0.4, 0.5) is 16.2 Å². The van der Waals surface area contributed by atoms with Crippen molar-refractivity contribution in [3.8, 4) is 11.3 Å². The number of hydrogen-bond donors (Lipinski definition) is 4. The molecule has 9 nitrogen and oxygen atoms in total. The van der Waals surface area contributed by atoms with Crippen LogP contribution in [-0.2, 0) is 22.6 Å². The van der Waals surface area contributed by atoms with Crippen LogP contribution in [0.5, 0.6) is 0 Å². The van der Waals surface area contributed by atoms with E-state index in [-0.39, 0.29) is 30.9 Å². The molecule has 0 spiro atoms. The van der Waals surface area contributed by atoms with E-state index in [9.17, 15) is 14.4 Å². The van der Waals surface area contributed by atoms with E-state index in [2.05, 4.69) is 16.0 Å². The molecule has 4 aromatic rings. The minimum Gasteiger partial charge on any atom is -0.464 e. The number of furan rings is 1. The van der Waals surface area contributed by atoms with Gasteiger partial charge in [-0.05, 0) is 66.4 Å². The number of benzene rings is 3. The molecule has 5 N–H and O–H groups in total. The molecule has 1 aliphatic rings. The monoisotopic (exact) mass is 538 g/mol. The van der Waals surface area contributed by atoms with Gasteiger partial charge in [-0.15, -0.1) is 0 Å². The molecule has 1 aliphatic carbocycles. The predicted molar refractivity (Wildman–Crippen MR) is 151 cm³/mol. The third kappa shape index (κ3) is 7.08. The van der Waals surface area contributed by atoms with Crippen LogP contribution >= 0.6 is 0 Å². The quantitative estimate of drug-likeness (QED) is 0.212. The topological polar surface area (TPSA) is 136 Å². The molecule has 3 aromatic carbocycles. The first-order valence-corrected chi connectivity index (χ1v) is 13.1. The molecular weight excluding hydrogens is 508 g/mol. The van der Waals surface area contributed by atoms with E-state index < -0.39 is 12.1 Å². The second-order valence-electron chi connectivity index (χ2n) is 9.68. The van der Waals surface area contributed by atoms with E-state index >= 15 is 0 Å². The summed E-state index contributed by atoms with van der Waals surface area (Å²) in [5.74, 6) is 0.0612. The number of nitrogens with one attached hydrogen (secondary N) is 3. The average molecular weight is 539 g/mol. The van der Waals surface area contributed by atoms with Crippen LogP contribution in [0.15, 0.2) is 95.6 Å². The number of alkyl carbamates (subject to hydrolysis) is 1. The van der Waals surface area contributed by atoms with Gasteiger partial charge < -0.3 is 30.8 Å². The smallest absolute Gasteiger partial charge is 0.408 e. The highest BCUT2D eigenvalue weighted by molar-refractivity contribution is 6.06. The minimum atomic E-state index is -0.826. The molecule has 5 rings (SSSR count). The van der Waals surface area contributed by atoms with Gasteiger partial charge >= 0.3 is 6.09 Å². The highest BCUT2D eigenvalue weighted by Crippen LogP contribution is 2.28. The predicted octanol–water partition coefficient (Wildman–Crippen LogP) is 4.90. The fourth-order valence-corrected chi connectivity index (χ4v) is 4.13. The summed E-state index contributed by atoms with van der Waals surface area (Å²) in [4.78, 5) is 38.3. The molecule has 1 heterocycles. The highest BCUT2D eigenvalue weighted by atomic mass is 16.5. The molecule has 0 unspecified atom stereocenters. The summed E-state index contributed by atoms with van der Waals surface area (Å²) in [5, 5.41) is 8.47. The fourth-order valence-electron chi connectivity index (χ4n) is 4.13. The minimum absolute atomic E-state index is 0.0996. The molecule has 0 aliphatic heterocycles. The summed E-state index contributed by atoms with van der Waals surface area (Å²) in [5.41, 5.74) is 9.80. The molecule has 0 saturated heterocycles. The van der Waals surface area contributed by atoms with E-state index in [1.54, 1.807) is 48.7 Å². The Bertz CT molecular complexity index is 1470. The van der Waals surface area contributed by atoms with Crippen LogP contribution in [0.2, 0.25) is 0 Å². The Morgan fingerprint density at radius 2 is 1.70 bits per heavy atom. The van der Waals surface area contributed by atoms with E-state index in [1.165, 1.54) is 0 Å². The number of carbonyl (C=O) groups excluding carboxylic acids is 3. The van der Waals surface area contributed by atoms with Crippen LogP contribution in [0.25, 0.3) is 11.3 Å². The van der Waals surface area contributed by atoms with Gasteiger partial charge in [-0.25, -0.2) is 4.79 Å². The van der Waals surface area contributed by atoms with Crippen molar-refractivity contribution >= 4 is 29.3 Å². The number of nitrogens with two attached hydrogens (primary N) is 1. The maximum atomic E-state index is 12.9. The van der Waals surface area contributed by atoms with Gasteiger partial charge in [0.15, 0.2) is 0 Å². The van der Waals surface area contributed by atoms with Crippen LogP contribution in [0, 0.1) is 0 Å². The lowest BCUT2D eigenvalue weighted by molar-refractivity contribution is -0.123. The first kappa shape index (κ1) is 26.6. The molecule has 1 aromatic heterocycles. The Morgan fingerprint density at radius 1 is 0.925 bits per heavy atom. The lowest BCUT2D eigenvalue weighted by Gasteiger charge is -2.19. The second-order valence-corrected chi connectivity index (χ2v) is 9.68. The maximum Gasteiger partial charge on any atom is 0.408 e. The van der Waals surface area contributed by atoms with Gasteiger partial charge in [0.1, 0.15) is 18.4 Å². The normalized spacial score (nSPS) is 13.2. The van der Waals surface area contributed by atoms with Gasteiger partial charge in [0.2, 0.25) is 5.91 Å². The molecule has 3 amide bonds. The van der Waals surface area contributed by atoms with Crippen molar-refractivity contribution in [3.63, 3.8) is 0 Å². The lowest BCUT2D eigenvalue weighted by Crippen LogP contribution is -2.48. The fraction of sp³-hybridized carbons (Fsp3) is 0.194. The number of carbonyl (C=O) groups is 3. The van der Waals surface area contributed by atoms with Crippen molar-refractivity contribution in [3.05, 3.63) is 108 Å². The zero-order chi connectivity index (χ0) is 27.9. The molecule has 0 radical (unpaired) electrons. The van der Waals surface area contributed by atoms with E-state index in [1.807, 2.05) is 42.5 Å². The van der Waals surface area contributed by atoms with Crippen molar-refractivity contribution in [2.75, 3.05) is 11.1 Å². The van der Waals surface area contributed by atoms with Gasteiger partial charge in [-0.3, -0.25) is 9.59 Å². The van der Waals surface area contributed by atoms with Gasteiger partial charge in [0, 0.05) is 23.6 Å². The maximum absolute atomic E-state index is 12.9. The van der Waals surface area contributed by atoms with E-state index in [0.717, 1.165) is 29.5 Å². The number of ether oxygens (including phenoxy) is 1. The van der Waals surface area contributed by atoms with Gasteiger partial charge in [0.25, 0.3) is 5.91 Å². The summed E-state index contributed by atoms with van der Waals surface area (Å²) in [6, 6.07) is 24.4. The van der Waals surface area contributed by atoms with Crippen molar-refractivity contribution < 1.29 is 23.5 Å². The zero-order valence-electron chi connectivity index (χ0n) is 21.8. The summed E-state index contributed by atoms with van der Waals surface area (Å²) in [6.45, 7) is 0.0996. The molecule has 1 atom stereocenters. The van der Waals surface area contributed by atoms with Gasteiger partial charge in [0.05, 0.1) is 17.6 Å². The number of nitrogen functional groups attached to an aromatic ring is 1. The number of hydrogen-bond acceptors (Lipinski definition) is 6. The summed E-state index contributed by atoms with van der Waals surface area (Å²) >= 11 is 0. The summed E-state index contributed by atoms with van der Waals surface area (Å²) < 4.78 is 10.7. The Hall–Kier alpha value is -5.05. The van der Waals surface area contributed by atoms with Crippen LogP contribution < -0.4 is 21.7 Å². The first-order valence-electron chi connectivity index (χ1n) is 13.1. The Morgan fingerprint density at radius 3 is 2.40 bits per heavy atom. The number of rotatable bonds is 10. The summed E-state index contributed by atoms with van der Waals surface area (Å²) in [6.07, 6.45) is 2.99. The third-order valence-electron chi connectivity index (χ3n) is 6.51. The molecule has 9 heteroatoms. The van der Waals surface area contributed by atoms with Gasteiger partial charge in [-0.2, -0.15) is 0 Å². The SMILES string of the molecule is Nc1ccc(-c2ccco2)cc1NC(=O)c1ccc(C[C@H](NC(=O)OCc2ccccc2)C(=O)NC2CC2)cc1. The Labute approximate surface area is 231 Å². The first-order chi connectivity index (χ1) is 19.4. The Kier molecular flexibility index (Phi) is 8.10. The van der Waals surface area contributed by atoms with Crippen LogP contribution in [0.1, 0.15) is 34.3 Å². The molecule has 204 valence electrons. The van der Waals surface area contributed by atoms with E-state index in [4.69, 9.17) is 14.9 Å². The number of amides is 3. The zero-order valence-corrected chi connectivity index (χ0v) is 21.8. The molecule has 1 fully saturated rings. The Balaban J connectivity index is 1.22. The highest BCUT2D eigenvalue weighted by Gasteiger charge is 2.29. The van der Waals surface area contributed by atoms with Crippen molar-refractivity contribution in [2.45, 2.75) is 38.0 Å². The molecular formula is C31H30N4O5. The van der Waals surface area contributed by atoms with Crippen molar-refractivity contribution in [1.82, 2.24) is 10.6 Å². The standard InChI is InChI=1S/C31H30N4O5/c32-25-15-12-23(28-7-4-16-39-28)18-26(25)34-29(36)22-10-8-20(9-11-22)17-27(30(37)33-24-13-14-24)35-31(38)40-19-21-5-2-1-3-6-21/h1-12,15-16,18,24,27H,13-14,17,19,32H2,(H,33,37)(H,34,36)(H,35,38)/t27-/m0/s1. The lowest BCUT2D eigenvalue weighted by atomic mass is 10.0.